The minimum atomic E-state index is -0.744. The van der Waals surface area contributed by atoms with Crippen LogP contribution in [0.2, 0.25) is 5.02 Å². The zero-order valence-corrected chi connectivity index (χ0v) is 17.9. The average molecular weight is 420 g/mol. The van der Waals surface area contributed by atoms with E-state index in [4.69, 9.17) is 26.8 Å². The smallest absolute Gasteiger partial charge is 0.162 e. The summed E-state index contributed by atoms with van der Waals surface area (Å²) < 4.78 is 10.8. The van der Waals surface area contributed by atoms with Gasteiger partial charge in [-0.2, -0.15) is 0 Å². The van der Waals surface area contributed by atoms with Gasteiger partial charge in [-0.05, 0) is 48.6 Å². The van der Waals surface area contributed by atoms with E-state index in [1.54, 1.807) is 19.2 Å². The van der Waals surface area contributed by atoms with Gasteiger partial charge in [0, 0.05) is 17.0 Å². The SMILES string of the molecule is CCC(N)(CO)COCc1ccc(C(=O)CCCc2ccc(OC)cc2)cc1Cl. The quantitative estimate of drug-likeness (QED) is 0.504. The largest absolute Gasteiger partial charge is 0.497 e. The number of ketones is 1. The Morgan fingerprint density at radius 2 is 1.93 bits per heavy atom. The minimum Gasteiger partial charge on any atom is -0.497 e. The first-order valence-corrected chi connectivity index (χ1v) is 10.2. The molecule has 0 heterocycles. The third-order valence-electron chi connectivity index (χ3n) is 5.07. The maximum atomic E-state index is 12.5. The van der Waals surface area contributed by atoms with E-state index < -0.39 is 5.54 Å². The normalized spacial score (nSPS) is 13.1. The Kier molecular flexibility index (Phi) is 9.11. The Labute approximate surface area is 177 Å². The van der Waals surface area contributed by atoms with Crippen LogP contribution in [0.3, 0.4) is 0 Å². The fourth-order valence-corrected chi connectivity index (χ4v) is 3.09. The van der Waals surface area contributed by atoms with E-state index in [0.717, 1.165) is 24.2 Å². The lowest BCUT2D eigenvalue weighted by molar-refractivity contribution is 0.0441. The molecule has 29 heavy (non-hydrogen) atoms. The molecule has 6 heteroatoms. The minimum absolute atomic E-state index is 0.0696. The highest BCUT2D eigenvalue weighted by Gasteiger charge is 2.22. The van der Waals surface area contributed by atoms with Crippen LogP contribution in [0.15, 0.2) is 42.5 Å². The molecule has 0 spiro atoms. The van der Waals surface area contributed by atoms with Crippen molar-refractivity contribution in [1.29, 1.82) is 0 Å². The van der Waals surface area contributed by atoms with E-state index in [0.29, 0.717) is 23.4 Å². The standard InChI is InChI=1S/C23H30ClNO4/c1-3-23(25,15-26)16-29-14-19-10-9-18(13-21(19)24)22(27)6-4-5-17-7-11-20(28-2)12-8-17/h7-13,26H,3-6,14-16,25H2,1-2H3. The summed E-state index contributed by atoms with van der Waals surface area (Å²) in [5.74, 6) is 0.895. The average Bonchev–Trinajstić information content (AvgIpc) is 2.75. The molecule has 2 aromatic rings. The Morgan fingerprint density at radius 3 is 2.52 bits per heavy atom. The number of benzene rings is 2. The number of aliphatic hydroxyl groups excluding tert-OH is 1. The molecule has 1 atom stereocenters. The van der Waals surface area contributed by atoms with E-state index in [9.17, 15) is 9.90 Å². The number of nitrogens with two attached hydrogens (primary N) is 1. The van der Waals surface area contributed by atoms with Gasteiger partial charge in [0.15, 0.2) is 5.78 Å². The third-order valence-corrected chi connectivity index (χ3v) is 5.42. The number of carbonyl (C=O) groups excluding carboxylic acids is 1. The highest BCUT2D eigenvalue weighted by molar-refractivity contribution is 6.31. The molecule has 0 fully saturated rings. The monoisotopic (exact) mass is 419 g/mol. The van der Waals surface area contributed by atoms with Crippen LogP contribution in [0, 0.1) is 0 Å². The number of rotatable bonds is 12. The zero-order valence-electron chi connectivity index (χ0n) is 17.1. The van der Waals surface area contributed by atoms with Crippen molar-refractivity contribution in [2.45, 2.75) is 44.8 Å². The second kappa shape index (κ2) is 11.3. The number of methoxy groups -OCH3 is 1. The second-order valence-corrected chi connectivity index (χ2v) is 7.71. The Bertz CT molecular complexity index is 788. The summed E-state index contributed by atoms with van der Waals surface area (Å²) in [5, 5.41) is 9.82. The molecule has 5 nitrogen and oxygen atoms in total. The Balaban J connectivity index is 1.84. The van der Waals surface area contributed by atoms with E-state index in [-0.39, 0.29) is 25.6 Å². The van der Waals surface area contributed by atoms with E-state index in [1.165, 1.54) is 5.56 Å². The molecule has 0 aliphatic heterocycles. The van der Waals surface area contributed by atoms with Crippen LogP contribution in [-0.2, 0) is 17.8 Å². The van der Waals surface area contributed by atoms with Crippen molar-refractivity contribution in [3.63, 3.8) is 0 Å². The number of hydrogen-bond acceptors (Lipinski definition) is 5. The van der Waals surface area contributed by atoms with Gasteiger partial charge in [0.05, 0.1) is 32.5 Å². The predicted octanol–water partition coefficient (Wildman–Crippen LogP) is 4.17. The number of Topliss-reactive ketones (excluding diaryl/α,β-unsaturated/α-hetero) is 1. The first kappa shape index (κ1) is 23.4. The van der Waals surface area contributed by atoms with Crippen molar-refractivity contribution in [2.24, 2.45) is 5.73 Å². The number of aliphatic hydroxyl groups is 1. The fourth-order valence-electron chi connectivity index (χ4n) is 2.85. The molecule has 1 unspecified atom stereocenters. The summed E-state index contributed by atoms with van der Waals surface area (Å²) in [6.45, 7) is 2.29. The topological polar surface area (TPSA) is 81.8 Å². The zero-order chi connectivity index (χ0) is 21.3. The van der Waals surface area contributed by atoms with Gasteiger partial charge in [0.1, 0.15) is 5.75 Å². The molecule has 0 aromatic heterocycles. The van der Waals surface area contributed by atoms with Crippen LogP contribution < -0.4 is 10.5 Å². The van der Waals surface area contributed by atoms with Crippen molar-refractivity contribution in [2.75, 3.05) is 20.3 Å². The van der Waals surface area contributed by atoms with E-state index >= 15 is 0 Å². The molecule has 0 saturated carbocycles. The fraction of sp³-hybridized carbons (Fsp3) is 0.435. The number of carbonyl (C=O) groups is 1. The van der Waals surface area contributed by atoms with Gasteiger partial charge in [-0.25, -0.2) is 0 Å². The van der Waals surface area contributed by atoms with Gasteiger partial charge in [-0.3, -0.25) is 4.79 Å². The molecular formula is C23H30ClNO4. The van der Waals surface area contributed by atoms with Gasteiger partial charge in [-0.15, -0.1) is 0 Å². The summed E-state index contributed by atoms with van der Waals surface area (Å²) in [7, 11) is 1.64. The Hall–Kier alpha value is -1.92. The first-order valence-electron chi connectivity index (χ1n) is 9.83. The van der Waals surface area contributed by atoms with Crippen molar-refractivity contribution < 1.29 is 19.4 Å². The Morgan fingerprint density at radius 1 is 1.21 bits per heavy atom. The summed E-state index contributed by atoms with van der Waals surface area (Å²) in [6.07, 6.45) is 2.67. The first-order chi connectivity index (χ1) is 13.9. The van der Waals surface area contributed by atoms with Crippen LogP contribution in [0.4, 0.5) is 0 Å². The van der Waals surface area contributed by atoms with Crippen molar-refractivity contribution in [3.05, 3.63) is 64.2 Å². The molecule has 0 saturated heterocycles. The maximum absolute atomic E-state index is 12.5. The molecule has 3 N–H and O–H groups in total. The van der Waals surface area contributed by atoms with Crippen molar-refractivity contribution in [1.82, 2.24) is 0 Å². The van der Waals surface area contributed by atoms with Crippen LogP contribution >= 0.6 is 11.6 Å². The number of hydrogen-bond donors (Lipinski definition) is 2. The highest BCUT2D eigenvalue weighted by Crippen LogP contribution is 2.21. The van der Waals surface area contributed by atoms with Crippen LogP contribution in [0.25, 0.3) is 0 Å². The van der Waals surface area contributed by atoms with Crippen molar-refractivity contribution >= 4 is 17.4 Å². The second-order valence-electron chi connectivity index (χ2n) is 7.30. The van der Waals surface area contributed by atoms with E-state index in [1.807, 2.05) is 37.3 Å². The van der Waals surface area contributed by atoms with E-state index in [2.05, 4.69) is 0 Å². The van der Waals surface area contributed by atoms with Gasteiger partial charge in [0.25, 0.3) is 0 Å². The van der Waals surface area contributed by atoms with Gasteiger partial charge in [0.2, 0.25) is 0 Å². The number of halogens is 1. The van der Waals surface area contributed by atoms with Gasteiger partial charge in [-0.1, -0.05) is 42.8 Å². The molecule has 0 radical (unpaired) electrons. The lowest BCUT2D eigenvalue weighted by Gasteiger charge is -2.25. The van der Waals surface area contributed by atoms with Gasteiger partial charge >= 0.3 is 0 Å². The van der Waals surface area contributed by atoms with Crippen LogP contribution in [-0.4, -0.2) is 36.8 Å². The molecule has 0 aliphatic carbocycles. The maximum Gasteiger partial charge on any atom is 0.162 e. The van der Waals surface area contributed by atoms with Crippen molar-refractivity contribution in [3.8, 4) is 5.75 Å². The molecule has 158 valence electrons. The molecule has 2 rings (SSSR count). The molecular weight excluding hydrogens is 390 g/mol. The third kappa shape index (κ3) is 7.12. The summed E-state index contributed by atoms with van der Waals surface area (Å²) in [4.78, 5) is 12.5. The lowest BCUT2D eigenvalue weighted by atomic mass is 10.0. The number of ether oxygens (including phenoxy) is 2. The predicted molar refractivity (Wildman–Crippen MR) is 116 cm³/mol. The summed E-state index contributed by atoms with van der Waals surface area (Å²) in [5.41, 5.74) is 7.83. The summed E-state index contributed by atoms with van der Waals surface area (Å²) in [6, 6.07) is 13.2. The molecule has 0 bridgehead atoms. The van der Waals surface area contributed by atoms with Gasteiger partial charge < -0.3 is 20.3 Å². The highest BCUT2D eigenvalue weighted by atomic mass is 35.5. The lowest BCUT2D eigenvalue weighted by Crippen LogP contribution is -2.47. The number of aryl methyl sites for hydroxylation is 1. The summed E-state index contributed by atoms with van der Waals surface area (Å²) >= 11 is 6.33. The molecule has 2 aromatic carbocycles. The van der Waals surface area contributed by atoms with Crippen LogP contribution in [0.1, 0.15) is 47.7 Å². The van der Waals surface area contributed by atoms with Crippen LogP contribution in [0.5, 0.6) is 5.75 Å². The molecule has 0 aliphatic rings. The molecule has 0 amide bonds.